The van der Waals surface area contributed by atoms with Crippen LogP contribution in [0.15, 0.2) is 0 Å². The summed E-state index contributed by atoms with van der Waals surface area (Å²) in [5.41, 5.74) is 0. The summed E-state index contributed by atoms with van der Waals surface area (Å²) < 4.78 is 1.38. The van der Waals surface area contributed by atoms with Gasteiger partial charge in [-0.25, -0.2) is 0 Å². The average molecular weight is 106 g/mol. The van der Waals surface area contributed by atoms with Gasteiger partial charge in [0.15, 0.2) is 0 Å². The number of carbonyl (C=O) groups is 2. The Kier molecular flexibility index (Phi) is 4.10. The molecule has 0 aromatic rings. The summed E-state index contributed by atoms with van der Waals surface area (Å²) in [5.74, 6) is 0. The molecule has 0 saturated carbocycles. The zero-order chi connectivity index (χ0) is 4.12. The van der Waals surface area contributed by atoms with Crippen LogP contribution < -0.4 is 0 Å². The molecule has 0 radical (unpaired) electrons. The fourth-order valence-corrected chi connectivity index (χ4v) is 0.115. The first-order valence-corrected chi connectivity index (χ1v) is 2.85. The fourth-order valence-electron chi connectivity index (χ4n) is 0.0278. The molecule has 0 heterocycles. The molecule has 2 nitrogen and oxygen atoms in total. The summed E-state index contributed by atoms with van der Waals surface area (Å²) in [6.45, 7) is 0. The monoisotopic (exact) mass is 106 g/mol. The van der Waals surface area contributed by atoms with Crippen molar-refractivity contribution >= 4 is 9.18 Å². The molecule has 0 aromatic carbocycles. The van der Waals surface area contributed by atoms with E-state index in [2.05, 4.69) is 0 Å². The van der Waals surface area contributed by atoms with Crippen LogP contribution in [0.2, 0.25) is 0 Å². The molecule has 0 aliphatic carbocycles. The molecule has 0 spiro atoms. The van der Waals surface area contributed by atoms with Crippen molar-refractivity contribution in [1.82, 2.24) is 0 Å². The molecule has 0 bridgehead atoms. The van der Waals surface area contributed by atoms with E-state index < -0.39 is 19.2 Å². The van der Waals surface area contributed by atoms with Gasteiger partial charge in [0.1, 0.15) is 0 Å². The Morgan fingerprint density at radius 3 is 1.60 bits per heavy atom. The van der Waals surface area contributed by atoms with Crippen LogP contribution in [0.1, 0.15) is 0 Å². The van der Waals surface area contributed by atoms with Gasteiger partial charge >= 0.3 is 37.9 Å². The molecular formula is C2H2O2Ti. The standard InChI is InChI=1S/2CHO.Ti/c2*1-2;/h2*1H;. The average Bonchev–Trinajstić information content (AvgIpc) is 1.41. The third kappa shape index (κ3) is 4.05. The van der Waals surface area contributed by atoms with E-state index in [0.717, 1.165) is 0 Å². The first kappa shape index (κ1) is 5.05. The van der Waals surface area contributed by atoms with Gasteiger partial charge in [0.2, 0.25) is 0 Å². The summed E-state index contributed by atoms with van der Waals surface area (Å²) in [5, 5.41) is 0. The van der Waals surface area contributed by atoms with Gasteiger partial charge in [0.05, 0.1) is 0 Å². The molecule has 0 amide bonds. The van der Waals surface area contributed by atoms with Crippen molar-refractivity contribution in [3.63, 3.8) is 0 Å². The SMILES string of the molecule is O=[CH][Ti][CH]=O. The molecular weight excluding hydrogens is 104 g/mol. The van der Waals surface area contributed by atoms with Crippen LogP contribution in [0.5, 0.6) is 0 Å². The Morgan fingerprint density at radius 2 is 1.60 bits per heavy atom. The Labute approximate surface area is 38.5 Å². The zero-order valence-electron chi connectivity index (χ0n) is 2.47. The van der Waals surface area contributed by atoms with Crippen LogP contribution in [-0.4, -0.2) is 9.18 Å². The van der Waals surface area contributed by atoms with Crippen LogP contribution in [0.25, 0.3) is 0 Å². The van der Waals surface area contributed by atoms with Gasteiger partial charge in [-0.2, -0.15) is 0 Å². The molecule has 0 N–H and O–H groups in total. The Balaban J connectivity index is 2.65. The van der Waals surface area contributed by atoms with Gasteiger partial charge in [-0.15, -0.1) is 0 Å². The molecule has 0 aliphatic heterocycles. The van der Waals surface area contributed by atoms with Crippen molar-refractivity contribution in [2.24, 2.45) is 0 Å². The number of hydrogen-bond acceptors (Lipinski definition) is 2. The third-order valence-electron chi connectivity index (χ3n) is 0.136. The maximum atomic E-state index is 9.23. The van der Waals surface area contributed by atoms with E-state index in [4.69, 9.17) is 0 Å². The second kappa shape index (κ2) is 4.05. The van der Waals surface area contributed by atoms with Crippen molar-refractivity contribution in [3.8, 4) is 0 Å². The van der Waals surface area contributed by atoms with Gasteiger partial charge in [-0.3, -0.25) is 0 Å². The molecule has 0 fully saturated rings. The summed E-state index contributed by atoms with van der Waals surface area (Å²) in [6, 6.07) is 0. The normalized spacial score (nSPS) is 5.60. The first-order chi connectivity index (χ1) is 2.41. The van der Waals surface area contributed by atoms with E-state index in [1.165, 1.54) is 0 Å². The van der Waals surface area contributed by atoms with Gasteiger partial charge < -0.3 is 0 Å². The quantitative estimate of drug-likeness (QED) is 0.349. The van der Waals surface area contributed by atoms with E-state index >= 15 is 0 Å². The molecule has 26 valence electrons. The van der Waals surface area contributed by atoms with Crippen molar-refractivity contribution in [2.75, 3.05) is 0 Å². The second-order valence-electron chi connectivity index (χ2n) is 0.402. The van der Waals surface area contributed by atoms with Crippen molar-refractivity contribution in [2.45, 2.75) is 0 Å². The minimum atomic E-state index is -0.833. The van der Waals surface area contributed by atoms with Crippen molar-refractivity contribution < 1.29 is 28.7 Å². The van der Waals surface area contributed by atoms with E-state index in [9.17, 15) is 9.59 Å². The van der Waals surface area contributed by atoms with E-state index in [1.54, 1.807) is 0 Å². The predicted molar refractivity (Wildman–Crippen MR) is 13.5 cm³/mol. The molecule has 5 heavy (non-hydrogen) atoms. The first-order valence-electron chi connectivity index (χ1n) is 1.05. The molecule has 0 aromatic heterocycles. The minimum absolute atomic E-state index is 0.688. The summed E-state index contributed by atoms with van der Waals surface area (Å²) in [4.78, 5) is 18.5. The van der Waals surface area contributed by atoms with Gasteiger partial charge in [-0.1, -0.05) is 0 Å². The number of carbonyl (C=O) groups excluding carboxylic acids is 2. The van der Waals surface area contributed by atoms with Gasteiger partial charge in [-0.05, 0) is 0 Å². The summed E-state index contributed by atoms with van der Waals surface area (Å²) in [7, 11) is 0. The topological polar surface area (TPSA) is 34.1 Å². The summed E-state index contributed by atoms with van der Waals surface area (Å²) in [6.07, 6.45) is 0. The Morgan fingerprint density at radius 1 is 1.20 bits per heavy atom. The number of rotatable bonds is 2. The zero-order valence-corrected chi connectivity index (χ0v) is 4.03. The third-order valence-corrected chi connectivity index (χ3v) is 0.561. The molecule has 0 saturated heterocycles. The van der Waals surface area contributed by atoms with Gasteiger partial charge in [0, 0.05) is 0 Å². The Hall–Kier alpha value is 0.0543. The fraction of sp³-hybridized carbons (Fsp3) is 0. The van der Waals surface area contributed by atoms with Gasteiger partial charge in [0.25, 0.3) is 0 Å². The van der Waals surface area contributed by atoms with E-state index in [-0.39, 0.29) is 0 Å². The molecule has 0 unspecified atom stereocenters. The summed E-state index contributed by atoms with van der Waals surface area (Å²) >= 11 is -0.833. The molecule has 0 rings (SSSR count). The molecule has 3 heteroatoms. The second-order valence-corrected chi connectivity index (χ2v) is 1.66. The van der Waals surface area contributed by atoms with Crippen LogP contribution in [0.3, 0.4) is 0 Å². The van der Waals surface area contributed by atoms with Crippen LogP contribution in [0, 0.1) is 0 Å². The van der Waals surface area contributed by atoms with E-state index in [1.807, 2.05) is 0 Å². The predicted octanol–water partition coefficient (Wildman–Crippen LogP) is -0.551. The van der Waals surface area contributed by atoms with Crippen LogP contribution in [-0.2, 0) is 28.7 Å². The van der Waals surface area contributed by atoms with E-state index in [0.29, 0.717) is 9.18 Å². The molecule has 0 aliphatic rings. The van der Waals surface area contributed by atoms with Crippen molar-refractivity contribution in [3.05, 3.63) is 0 Å². The molecule has 0 atom stereocenters. The van der Waals surface area contributed by atoms with Crippen LogP contribution in [0.4, 0.5) is 0 Å². The van der Waals surface area contributed by atoms with Crippen LogP contribution >= 0.6 is 0 Å². The number of hydrogen-bond donors (Lipinski definition) is 0. The Bertz CT molecular complexity index is 36.9. The van der Waals surface area contributed by atoms with Crippen molar-refractivity contribution in [1.29, 1.82) is 0 Å². The maximum absolute atomic E-state index is 9.23.